The van der Waals surface area contributed by atoms with Crippen molar-refractivity contribution in [1.82, 2.24) is 10.6 Å². The molecule has 5 nitrogen and oxygen atoms in total. The van der Waals surface area contributed by atoms with E-state index in [0.717, 1.165) is 0 Å². The normalized spacial score (nSPS) is 13.5. The van der Waals surface area contributed by atoms with E-state index < -0.39 is 9.84 Å². The molecule has 0 aliphatic carbocycles. The Morgan fingerprint density at radius 3 is 2.55 bits per heavy atom. The molecule has 1 unspecified atom stereocenters. The van der Waals surface area contributed by atoms with Crippen LogP contribution in [0, 0.1) is 0 Å². The molecule has 0 saturated carbocycles. The van der Waals surface area contributed by atoms with Crippen molar-refractivity contribution in [3.8, 4) is 0 Å². The Balaban J connectivity index is 2.81. The summed E-state index contributed by atoms with van der Waals surface area (Å²) in [6, 6.07) is 8.32. The first-order valence-electron chi connectivity index (χ1n) is 7.47. The summed E-state index contributed by atoms with van der Waals surface area (Å²) in [5.41, 5.74) is 0. The number of aliphatic imine (C=N–C) groups is 1. The van der Waals surface area contributed by atoms with Crippen LogP contribution in [0.3, 0.4) is 0 Å². The fourth-order valence-electron chi connectivity index (χ4n) is 1.92. The van der Waals surface area contributed by atoms with Crippen LogP contribution in [0.25, 0.3) is 0 Å². The molecule has 0 spiro atoms. The van der Waals surface area contributed by atoms with E-state index in [1.807, 2.05) is 13.8 Å². The van der Waals surface area contributed by atoms with Crippen LogP contribution >= 0.6 is 0 Å². The summed E-state index contributed by atoms with van der Waals surface area (Å²) in [4.78, 5) is 4.65. The zero-order chi connectivity index (χ0) is 16.4. The van der Waals surface area contributed by atoms with Crippen LogP contribution in [0.4, 0.5) is 0 Å². The van der Waals surface area contributed by atoms with Crippen molar-refractivity contribution in [1.29, 1.82) is 0 Å². The summed E-state index contributed by atoms with van der Waals surface area (Å²) < 4.78 is 24.9. The number of sulfone groups is 1. The van der Waals surface area contributed by atoms with Crippen LogP contribution in [-0.4, -0.2) is 39.3 Å². The van der Waals surface area contributed by atoms with Crippen molar-refractivity contribution >= 4 is 15.8 Å². The SMILES string of the molecule is C=CCN=C(NCC)NC(CC)CS(=O)(=O)c1ccccc1. The number of nitrogens with zero attached hydrogens (tertiary/aromatic N) is 1. The van der Waals surface area contributed by atoms with Gasteiger partial charge in [0.2, 0.25) is 0 Å². The molecular weight excluding hydrogens is 298 g/mol. The van der Waals surface area contributed by atoms with Crippen LogP contribution in [0.15, 0.2) is 52.9 Å². The van der Waals surface area contributed by atoms with Crippen LogP contribution in [0.1, 0.15) is 20.3 Å². The van der Waals surface area contributed by atoms with Gasteiger partial charge in [-0.2, -0.15) is 0 Å². The van der Waals surface area contributed by atoms with Gasteiger partial charge in [-0.3, -0.25) is 0 Å². The Hall–Kier alpha value is -1.82. The minimum atomic E-state index is -3.32. The summed E-state index contributed by atoms with van der Waals surface area (Å²) >= 11 is 0. The molecule has 0 radical (unpaired) electrons. The van der Waals surface area contributed by atoms with Gasteiger partial charge in [0, 0.05) is 12.6 Å². The van der Waals surface area contributed by atoms with Gasteiger partial charge in [-0.05, 0) is 25.5 Å². The maximum Gasteiger partial charge on any atom is 0.191 e. The van der Waals surface area contributed by atoms with Gasteiger partial charge in [-0.25, -0.2) is 13.4 Å². The fraction of sp³-hybridized carbons (Fsp3) is 0.438. The van der Waals surface area contributed by atoms with Crippen LogP contribution in [0.5, 0.6) is 0 Å². The highest BCUT2D eigenvalue weighted by molar-refractivity contribution is 7.91. The van der Waals surface area contributed by atoms with Gasteiger partial charge in [0.25, 0.3) is 0 Å². The lowest BCUT2D eigenvalue weighted by Gasteiger charge is -2.20. The molecule has 0 heterocycles. The van der Waals surface area contributed by atoms with E-state index in [-0.39, 0.29) is 11.8 Å². The molecule has 0 bridgehead atoms. The highest BCUT2D eigenvalue weighted by Gasteiger charge is 2.20. The molecule has 1 rings (SSSR count). The Morgan fingerprint density at radius 1 is 1.32 bits per heavy atom. The highest BCUT2D eigenvalue weighted by atomic mass is 32.2. The zero-order valence-electron chi connectivity index (χ0n) is 13.2. The van der Waals surface area contributed by atoms with Gasteiger partial charge in [-0.15, -0.1) is 6.58 Å². The van der Waals surface area contributed by atoms with Crippen molar-refractivity contribution in [2.75, 3.05) is 18.8 Å². The largest absolute Gasteiger partial charge is 0.357 e. The van der Waals surface area contributed by atoms with Crippen molar-refractivity contribution in [3.05, 3.63) is 43.0 Å². The van der Waals surface area contributed by atoms with Gasteiger partial charge in [-0.1, -0.05) is 31.2 Å². The van der Waals surface area contributed by atoms with Gasteiger partial charge in [0.05, 0.1) is 17.2 Å². The lowest BCUT2D eigenvalue weighted by Crippen LogP contribution is -2.46. The maximum absolute atomic E-state index is 12.4. The zero-order valence-corrected chi connectivity index (χ0v) is 14.1. The molecule has 1 aromatic rings. The molecule has 6 heteroatoms. The predicted molar refractivity (Wildman–Crippen MR) is 91.9 cm³/mol. The second-order valence-electron chi connectivity index (χ2n) is 4.85. The standard InChI is InChI=1S/C16H25N3O2S/c1-4-12-18-16(17-6-3)19-14(5-2)13-22(20,21)15-10-8-7-9-11-15/h4,7-11,14H,1,5-6,12-13H2,2-3H3,(H2,17,18,19). The third-order valence-electron chi connectivity index (χ3n) is 3.08. The highest BCUT2D eigenvalue weighted by Crippen LogP contribution is 2.12. The quantitative estimate of drug-likeness (QED) is 0.436. The maximum atomic E-state index is 12.4. The lowest BCUT2D eigenvalue weighted by atomic mass is 10.3. The van der Waals surface area contributed by atoms with Gasteiger partial charge >= 0.3 is 0 Å². The van der Waals surface area contributed by atoms with E-state index in [2.05, 4.69) is 22.2 Å². The smallest absolute Gasteiger partial charge is 0.191 e. The van der Waals surface area contributed by atoms with Crippen molar-refractivity contribution in [2.24, 2.45) is 4.99 Å². The average Bonchev–Trinajstić information content (AvgIpc) is 2.52. The third-order valence-corrected chi connectivity index (χ3v) is 4.91. The molecule has 0 amide bonds. The summed E-state index contributed by atoms with van der Waals surface area (Å²) in [7, 11) is -3.32. The lowest BCUT2D eigenvalue weighted by molar-refractivity contribution is 0.569. The van der Waals surface area contributed by atoms with Gasteiger partial charge in [0.1, 0.15) is 0 Å². The first kappa shape index (κ1) is 18.2. The van der Waals surface area contributed by atoms with Crippen LogP contribution < -0.4 is 10.6 Å². The number of benzene rings is 1. The number of nitrogens with one attached hydrogen (secondary N) is 2. The molecule has 0 aliphatic rings. The average molecular weight is 323 g/mol. The molecule has 0 saturated heterocycles. The van der Waals surface area contributed by atoms with Crippen LogP contribution in [-0.2, 0) is 9.84 Å². The van der Waals surface area contributed by atoms with Gasteiger partial charge in [0.15, 0.2) is 15.8 Å². The summed E-state index contributed by atoms with van der Waals surface area (Å²) in [5.74, 6) is 0.643. The molecule has 22 heavy (non-hydrogen) atoms. The monoisotopic (exact) mass is 323 g/mol. The molecule has 122 valence electrons. The van der Waals surface area contributed by atoms with Crippen molar-refractivity contribution in [2.45, 2.75) is 31.2 Å². The van der Waals surface area contributed by atoms with E-state index in [1.54, 1.807) is 36.4 Å². The molecule has 1 aromatic carbocycles. The second-order valence-corrected chi connectivity index (χ2v) is 6.89. The second kappa shape index (κ2) is 9.25. The Bertz CT molecular complexity index is 583. The molecule has 0 aromatic heterocycles. The van der Waals surface area contributed by atoms with E-state index in [1.165, 1.54) is 0 Å². The number of hydrogen-bond donors (Lipinski definition) is 2. The van der Waals surface area contributed by atoms with E-state index >= 15 is 0 Å². The Morgan fingerprint density at radius 2 is 2.00 bits per heavy atom. The van der Waals surface area contributed by atoms with Crippen LogP contribution in [0.2, 0.25) is 0 Å². The first-order chi connectivity index (χ1) is 10.5. The van der Waals surface area contributed by atoms with Gasteiger partial charge < -0.3 is 10.6 Å². The number of hydrogen-bond acceptors (Lipinski definition) is 3. The third kappa shape index (κ3) is 5.89. The summed E-state index contributed by atoms with van der Waals surface area (Å²) in [6.45, 7) is 8.75. The number of guanidine groups is 1. The van der Waals surface area contributed by atoms with E-state index in [0.29, 0.717) is 30.4 Å². The molecule has 0 fully saturated rings. The van der Waals surface area contributed by atoms with E-state index in [9.17, 15) is 8.42 Å². The Kier molecular flexibility index (Phi) is 7.66. The topological polar surface area (TPSA) is 70.6 Å². The minimum Gasteiger partial charge on any atom is -0.357 e. The molecule has 1 atom stereocenters. The van der Waals surface area contributed by atoms with Crippen molar-refractivity contribution < 1.29 is 8.42 Å². The Labute approximate surface area is 133 Å². The fourth-order valence-corrected chi connectivity index (χ4v) is 3.53. The summed E-state index contributed by atoms with van der Waals surface area (Å²) in [5, 5.41) is 6.28. The first-order valence-corrected chi connectivity index (χ1v) is 9.12. The van der Waals surface area contributed by atoms with E-state index in [4.69, 9.17) is 0 Å². The number of rotatable bonds is 8. The molecule has 2 N–H and O–H groups in total. The molecular formula is C16H25N3O2S. The molecule has 0 aliphatic heterocycles. The minimum absolute atomic E-state index is 0.0337. The van der Waals surface area contributed by atoms with Crippen molar-refractivity contribution in [3.63, 3.8) is 0 Å². The summed E-state index contributed by atoms with van der Waals surface area (Å²) in [6.07, 6.45) is 2.38. The predicted octanol–water partition coefficient (Wildman–Crippen LogP) is 1.98.